The van der Waals surface area contributed by atoms with Crippen molar-refractivity contribution < 1.29 is 18.3 Å². The van der Waals surface area contributed by atoms with Crippen LogP contribution in [0.15, 0.2) is 22.7 Å². The van der Waals surface area contributed by atoms with Crippen LogP contribution >= 0.6 is 27.5 Å². The first-order valence-corrected chi connectivity index (χ1v) is 5.83. The highest BCUT2D eigenvalue weighted by Crippen LogP contribution is 2.38. The van der Waals surface area contributed by atoms with Crippen molar-refractivity contribution in [3.8, 4) is 0 Å². The molecule has 7 heteroatoms. The number of rotatable bonds is 1. The topological polar surface area (TPSA) is 38.3 Å². The lowest BCUT2D eigenvalue weighted by Gasteiger charge is -2.32. The molecular weight excluding hydrogens is 319 g/mol. The van der Waals surface area contributed by atoms with E-state index in [0.717, 1.165) is 0 Å². The number of hydrogen-bond acceptors (Lipinski definition) is 2. The molecule has 3 nitrogen and oxygen atoms in total. The highest BCUT2D eigenvalue weighted by Gasteiger charge is 2.47. The predicted octanol–water partition coefficient (Wildman–Crippen LogP) is 3.52. The van der Waals surface area contributed by atoms with E-state index in [4.69, 9.17) is 11.6 Å². The fourth-order valence-electron chi connectivity index (χ4n) is 1.55. The van der Waals surface area contributed by atoms with Gasteiger partial charge in [-0.25, -0.2) is 13.6 Å². The number of hydrogen-bond donors (Lipinski definition) is 1. The fraction of sp³-hybridized carbons (Fsp3) is 0.300. The maximum absolute atomic E-state index is 13.6. The highest BCUT2D eigenvalue weighted by atomic mass is 79.9. The second-order valence-corrected chi connectivity index (χ2v) is 4.90. The van der Waals surface area contributed by atoms with Gasteiger partial charge >= 0.3 is 12.0 Å². The molecule has 0 unspecified atom stereocenters. The number of amides is 1. The van der Waals surface area contributed by atoms with Crippen LogP contribution < -0.4 is 5.32 Å². The Balaban J connectivity index is 2.39. The molecule has 1 amide bonds. The lowest BCUT2D eigenvalue weighted by molar-refractivity contribution is -0.104. The third-order valence-corrected chi connectivity index (χ3v) is 3.17. The molecule has 1 fully saturated rings. The van der Waals surface area contributed by atoms with Crippen molar-refractivity contribution in [2.24, 2.45) is 0 Å². The zero-order chi connectivity index (χ0) is 12.6. The Morgan fingerprint density at radius 1 is 1.53 bits per heavy atom. The minimum Gasteiger partial charge on any atom is -0.443 e. The first kappa shape index (κ1) is 12.6. The van der Waals surface area contributed by atoms with Gasteiger partial charge in [-0.05, 0) is 17.7 Å². The van der Waals surface area contributed by atoms with Gasteiger partial charge in [0, 0.05) is 9.50 Å². The number of benzene rings is 1. The largest absolute Gasteiger partial charge is 0.443 e. The Labute approximate surface area is 109 Å². The van der Waals surface area contributed by atoms with Crippen molar-refractivity contribution in [3.05, 3.63) is 33.3 Å². The van der Waals surface area contributed by atoms with Gasteiger partial charge in [0.05, 0.1) is 0 Å². The first-order valence-electron chi connectivity index (χ1n) is 4.66. The summed E-state index contributed by atoms with van der Waals surface area (Å²) in [5, 5.41) is 2.23. The van der Waals surface area contributed by atoms with Crippen LogP contribution in [0.1, 0.15) is 11.6 Å². The molecule has 0 bridgehead atoms. The monoisotopic (exact) mass is 325 g/mol. The molecule has 0 radical (unpaired) electrons. The normalized spacial score (nSPS) is 22.8. The molecule has 1 aliphatic heterocycles. The van der Waals surface area contributed by atoms with Gasteiger partial charge in [-0.3, -0.25) is 0 Å². The molecule has 0 saturated carbocycles. The predicted molar refractivity (Wildman–Crippen MR) is 61.3 cm³/mol. The average Bonchev–Trinajstić information content (AvgIpc) is 2.23. The van der Waals surface area contributed by atoms with Gasteiger partial charge in [-0.15, -0.1) is 0 Å². The van der Waals surface area contributed by atoms with Crippen LogP contribution in [0.2, 0.25) is 5.02 Å². The Morgan fingerprint density at radius 2 is 2.24 bits per heavy atom. The standard InChI is InChI=1S/C10H7BrClF2NO2/c11-5-1-2-6(7(12)3-5)8-10(13,14)4-17-9(16)15-8/h1-3,8H,4H2,(H,15,16)/t8-/m1/s1. The van der Waals surface area contributed by atoms with Crippen LogP contribution in [0.3, 0.4) is 0 Å². The molecule has 92 valence electrons. The van der Waals surface area contributed by atoms with E-state index in [1.807, 2.05) is 0 Å². The van der Waals surface area contributed by atoms with E-state index < -0.39 is 24.7 Å². The van der Waals surface area contributed by atoms with Gasteiger partial charge in [0.1, 0.15) is 6.04 Å². The summed E-state index contributed by atoms with van der Waals surface area (Å²) in [6.45, 7) is -0.949. The molecule has 1 aliphatic rings. The summed E-state index contributed by atoms with van der Waals surface area (Å²) in [5.41, 5.74) is 0.163. The van der Waals surface area contributed by atoms with Gasteiger partial charge in [-0.1, -0.05) is 33.6 Å². The molecule has 1 aromatic carbocycles. The zero-order valence-corrected chi connectivity index (χ0v) is 10.7. The molecule has 0 spiro atoms. The molecular formula is C10H7BrClF2NO2. The van der Waals surface area contributed by atoms with E-state index >= 15 is 0 Å². The summed E-state index contributed by atoms with van der Waals surface area (Å²) in [6.07, 6.45) is -0.875. The number of carbonyl (C=O) groups is 1. The SMILES string of the molecule is O=C1N[C@H](c2ccc(Br)cc2Cl)C(F)(F)CO1. The first-order chi connectivity index (χ1) is 7.90. The Morgan fingerprint density at radius 3 is 2.88 bits per heavy atom. The smallest absolute Gasteiger partial charge is 0.408 e. The Kier molecular flexibility index (Phi) is 3.27. The third-order valence-electron chi connectivity index (χ3n) is 2.35. The molecule has 1 heterocycles. The zero-order valence-electron chi connectivity index (χ0n) is 8.34. The second-order valence-electron chi connectivity index (χ2n) is 3.58. The molecule has 1 aromatic rings. The number of halogens is 4. The summed E-state index contributed by atoms with van der Waals surface area (Å²) >= 11 is 9.06. The van der Waals surface area contributed by atoms with E-state index in [1.54, 1.807) is 6.07 Å². The maximum Gasteiger partial charge on any atom is 0.408 e. The summed E-state index contributed by atoms with van der Waals surface area (Å²) in [5.74, 6) is -3.19. The van der Waals surface area contributed by atoms with Crippen LogP contribution in [0, 0.1) is 0 Å². The van der Waals surface area contributed by atoms with E-state index in [9.17, 15) is 13.6 Å². The van der Waals surface area contributed by atoms with E-state index in [1.165, 1.54) is 12.1 Å². The summed E-state index contributed by atoms with van der Waals surface area (Å²) in [4.78, 5) is 11.0. The molecule has 1 saturated heterocycles. The van der Waals surface area contributed by atoms with Crippen molar-refractivity contribution in [2.45, 2.75) is 12.0 Å². The molecule has 0 aromatic heterocycles. The van der Waals surface area contributed by atoms with Crippen molar-refractivity contribution in [3.63, 3.8) is 0 Å². The highest BCUT2D eigenvalue weighted by molar-refractivity contribution is 9.10. The quantitative estimate of drug-likeness (QED) is 0.857. The molecule has 0 aliphatic carbocycles. The summed E-state index contributed by atoms with van der Waals surface area (Å²) in [6, 6.07) is 3.05. The van der Waals surface area contributed by atoms with Gasteiger partial charge in [0.2, 0.25) is 0 Å². The minimum absolute atomic E-state index is 0.159. The van der Waals surface area contributed by atoms with Gasteiger partial charge in [0.15, 0.2) is 6.61 Å². The fourth-order valence-corrected chi connectivity index (χ4v) is 2.33. The van der Waals surface area contributed by atoms with Crippen LogP contribution in [0.4, 0.5) is 13.6 Å². The molecule has 1 N–H and O–H groups in total. The maximum atomic E-state index is 13.6. The lowest BCUT2D eigenvalue weighted by Crippen LogP contribution is -2.49. The van der Waals surface area contributed by atoms with E-state index in [0.29, 0.717) is 4.47 Å². The number of carbonyl (C=O) groups excluding carboxylic acids is 1. The van der Waals surface area contributed by atoms with Crippen molar-refractivity contribution in [1.29, 1.82) is 0 Å². The number of alkyl halides is 2. The number of ether oxygens (including phenoxy) is 1. The molecule has 17 heavy (non-hydrogen) atoms. The number of alkyl carbamates (subject to hydrolysis) is 1. The van der Waals surface area contributed by atoms with Gasteiger partial charge in [0.25, 0.3) is 0 Å². The summed E-state index contributed by atoms with van der Waals surface area (Å²) in [7, 11) is 0. The number of cyclic esters (lactones) is 1. The van der Waals surface area contributed by atoms with Crippen molar-refractivity contribution in [2.75, 3.05) is 6.61 Å². The molecule has 2 rings (SSSR count). The van der Waals surface area contributed by atoms with E-state index in [-0.39, 0.29) is 10.6 Å². The second kappa shape index (κ2) is 4.42. The number of nitrogens with one attached hydrogen (secondary N) is 1. The summed E-state index contributed by atoms with van der Waals surface area (Å²) < 4.78 is 32.1. The van der Waals surface area contributed by atoms with Crippen molar-refractivity contribution >= 4 is 33.6 Å². The van der Waals surface area contributed by atoms with Crippen LogP contribution in [-0.2, 0) is 4.74 Å². The van der Waals surface area contributed by atoms with Gasteiger partial charge in [-0.2, -0.15) is 0 Å². The lowest BCUT2D eigenvalue weighted by atomic mass is 10.0. The average molecular weight is 327 g/mol. The van der Waals surface area contributed by atoms with Crippen LogP contribution in [0.5, 0.6) is 0 Å². The Bertz CT molecular complexity index is 470. The minimum atomic E-state index is -3.19. The van der Waals surface area contributed by atoms with Crippen LogP contribution in [-0.4, -0.2) is 18.6 Å². The Hall–Kier alpha value is -0.880. The molecule has 1 atom stereocenters. The van der Waals surface area contributed by atoms with Crippen LogP contribution in [0.25, 0.3) is 0 Å². The van der Waals surface area contributed by atoms with Gasteiger partial charge < -0.3 is 10.1 Å². The third kappa shape index (κ3) is 2.52. The van der Waals surface area contributed by atoms with E-state index in [2.05, 4.69) is 26.0 Å². The van der Waals surface area contributed by atoms with Crippen molar-refractivity contribution in [1.82, 2.24) is 5.32 Å².